The number of benzene rings is 2. The number of carbonyl (C=O) groups is 2. The first-order valence-corrected chi connectivity index (χ1v) is 12.4. The van der Waals surface area contributed by atoms with E-state index in [2.05, 4.69) is 15.2 Å². The molecule has 1 aliphatic heterocycles. The molecule has 0 saturated carbocycles. The number of aromatic nitrogens is 2. The number of hydrogen-bond acceptors (Lipinski definition) is 11. The number of aliphatic imine (C=N–C) groups is 1. The molecule has 12 heteroatoms. The summed E-state index contributed by atoms with van der Waals surface area (Å²) in [6, 6.07) is 8.03. The van der Waals surface area contributed by atoms with Crippen molar-refractivity contribution in [3.05, 3.63) is 58.1 Å². The molecule has 2 aliphatic rings. The average molecular weight is 554 g/mol. The number of nitrogens with zero attached hydrogens (tertiary/aromatic N) is 3. The summed E-state index contributed by atoms with van der Waals surface area (Å²) in [5.74, 6) is -1.38. The molecule has 39 heavy (non-hydrogen) atoms. The minimum atomic E-state index is -1.88. The van der Waals surface area contributed by atoms with Gasteiger partial charge in [-0.25, -0.2) is 0 Å². The van der Waals surface area contributed by atoms with Gasteiger partial charge in [0.2, 0.25) is 17.3 Å². The summed E-state index contributed by atoms with van der Waals surface area (Å²) in [6.07, 6.45) is 1.37. The van der Waals surface area contributed by atoms with Gasteiger partial charge >= 0.3 is 0 Å². The molecule has 2 unspecified atom stereocenters. The van der Waals surface area contributed by atoms with Crippen molar-refractivity contribution in [1.82, 2.24) is 10.2 Å². The number of methoxy groups -OCH3 is 2. The summed E-state index contributed by atoms with van der Waals surface area (Å²) in [5, 5.41) is 29.2. The second-order valence-electron chi connectivity index (χ2n) is 9.06. The van der Waals surface area contributed by atoms with Crippen molar-refractivity contribution < 1.29 is 38.4 Å². The summed E-state index contributed by atoms with van der Waals surface area (Å²) in [5.41, 5.74) is -1.56. The van der Waals surface area contributed by atoms with E-state index in [9.17, 15) is 19.8 Å². The van der Waals surface area contributed by atoms with E-state index < -0.39 is 28.8 Å². The first-order chi connectivity index (χ1) is 18.7. The summed E-state index contributed by atoms with van der Waals surface area (Å²) in [4.78, 5) is 30.9. The lowest BCUT2D eigenvalue weighted by Gasteiger charge is -2.36. The number of ketones is 2. The highest BCUT2D eigenvalue weighted by molar-refractivity contribution is 6.35. The van der Waals surface area contributed by atoms with Gasteiger partial charge in [0.15, 0.2) is 17.3 Å². The van der Waals surface area contributed by atoms with Crippen LogP contribution in [0.15, 0.2) is 51.1 Å². The molecule has 0 fully saturated rings. The van der Waals surface area contributed by atoms with E-state index in [1.807, 2.05) is 0 Å². The number of aliphatic hydroxyl groups is 1. The van der Waals surface area contributed by atoms with Crippen LogP contribution in [0.3, 0.4) is 0 Å². The van der Waals surface area contributed by atoms with Crippen molar-refractivity contribution in [3.63, 3.8) is 0 Å². The lowest BCUT2D eigenvalue weighted by atomic mass is 9.73. The number of allylic oxidation sites excluding steroid dienone is 1. The van der Waals surface area contributed by atoms with Gasteiger partial charge in [-0.15, -0.1) is 10.2 Å². The number of halogens is 1. The van der Waals surface area contributed by atoms with Crippen molar-refractivity contribution in [3.8, 4) is 34.5 Å². The Morgan fingerprint density at radius 1 is 1.18 bits per heavy atom. The molecule has 1 aliphatic carbocycles. The highest BCUT2D eigenvalue weighted by Gasteiger charge is 2.60. The van der Waals surface area contributed by atoms with Crippen LogP contribution in [0.2, 0.25) is 5.02 Å². The first kappa shape index (κ1) is 26.2. The zero-order chi connectivity index (χ0) is 27.9. The molecular weight excluding hydrogens is 530 g/mol. The van der Waals surface area contributed by atoms with Crippen molar-refractivity contribution in [2.45, 2.75) is 25.4 Å². The van der Waals surface area contributed by atoms with Crippen LogP contribution in [0.1, 0.15) is 29.6 Å². The molecule has 0 bridgehead atoms. The number of ether oxygens (including phenoxy) is 3. The van der Waals surface area contributed by atoms with Crippen LogP contribution in [-0.4, -0.2) is 64.6 Å². The van der Waals surface area contributed by atoms with Gasteiger partial charge in [0.1, 0.15) is 27.8 Å². The van der Waals surface area contributed by atoms with E-state index in [0.29, 0.717) is 5.56 Å². The Bertz CT molecular complexity index is 1550. The smallest absolute Gasteiger partial charge is 0.251 e. The Labute approximate surface area is 227 Å². The summed E-state index contributed by atoms with van der Waals surface area (Å²) in [7, 11) is 2.80. The minimum absolute atomic E-state index is 0.00952. The molecule has 3 aromatic rings. The van der Waals surface area contributed by atoms with Gasteiger partial charge in [-0.3, -0.25) is 14.6 Å². The summed E-state index contributed by atoms with van der Waals surface area (Å²) >= 11 is 6.44. The van der Waals surface area contributed by atoms with Gasteiger partial charge in [-0.05, 0) is 12.1 Å². The fraction of sp³-hybridized carbons (Fsp3) is 0.296. The summed E-state index contributed by atoms with van der Waals surface area (Å²) < 4.78 is 22.3. The van der Waals surface area contributed by atoms with Crippen LogP contribution in [-0.2, 0) is 11.2 Å². The van der Waals surface area contributed by atoms with Gasteiger partial charge in [-0.1, -0.05) is 30.7 Å². The second kappa shape index (κ2) is 10.1. The third-order valence-corrected chi connectivity index (χ3v) is 7.15. The third kappa shape index (κ3) is 4.19. The standard InChI is InChI=1S/C27H24ClN3O8/c1-13-10-17(33)15(12-29-9-8-20-30-31-26(38-20)14-6-4-5-7-16(14)32)24(34)27(13)25(35)21-18(36-2)11-19(37-3)22(28)23(21)39-27/h4-7,11-13,32,34H,8-10H2,1-3H3. The molecule has 11 nitrogen and oxygen atoms in total. The molecule has 0 saturated heterocycles. The Hall–Kier alpha value is -4.38. The van der Waals surface area contributed by atoms with Crippen LogP contribution in [0.5, 0.6) is 23.0 Å². The zero-order valence-electron chi connectivity index (χ0n) is 21.2. The van der Waals surface area contributed by atoms with Crippen molar-refractivity contribution in [2.75, 3.05) is 20.8 Å². The van der Waals surface area contributed by atoms with Gasteiger partial charge in [0.25, 0.3) is 5.89 Å². The van der Waals surface area contributed by atoms with Gasteiger partial charge in [0.05, 0.1) is 25.4 Å². The average Bonchev–Trinajstić information content (AvgIpc) is 3.51. The van der Waals surface area contributed by atoms with Crippen LogP contribution >= 0.6 is 11.6 Å². The Morgan fingerprint density at radius 3 is 2.64 bits per heavy atom. The maximum Gasteiger partial charge on any atom is 0.251 e. The van der Waals surface area contributed by atoms with Gasteiger partial charge in [0, 0.05) is 37.6 Å². The number of aliphatic hydroxyl groups excluding tert-OH is 1. The van der Waals surface area contributed by atoms with Crippen LogP contribution in [0.4, 0.5) is 0 Å². The number of hydrogen-bond donors (Lipinski definition) is 2. The van der Waals surface area contributed by atoms with E-state index in [0.717, 1.165) is 0 Å². The highest BCUT2D eigenvalue weighted by atomic mass is 35.5. The molecule has 1 aromatic heterocycles. The molecule has 2 aromatic carbocycles. The number of carbonyl (C=O) groups excluding carboxylic acids is 2. The zero-order valence-corrected chi connectivity index (χ0v) is 22.0. The number of Topliss-reactive ketones (excluding diaryl/α,β-unsaturated/α-hetero) is 2. The number of aromatic hydroxyl groups is 1. The monoisotopic (exact) mass is 553 g/mol. The van der Waals surface area contributed by atoms with Gasteiger partial charge in [-0.2, -0.15) is 0 Å². The Morgan fingerprint density at radius 2 is 1.92 bits per heavy atom. The predicted molar refractivity (Wildman–Crippen MR) is 139 cm³/mol. The Balaban J connectivity index is 1.41. The van der Waals surface area contributed by atoms with Crippen LogP contribution < -0.4 is 14.2 Å². The molecule has 2 atom stereocenters. The first-order valence-electron chi connectivity index (χ1n) is 12.0. The van der Waals surface area contributed by atoms with Gasteiger partial charge < -0.3 is 28.8 Å². The van der Waals surface area contributed by atoms with E-state index in [1.165, 1.54) is 32.6 Å². The maximum absolute atomic E-state index is 13.7. The van der Waals surface area contributed by atoms with E-state index >= 15 is 0 Å². The van der Waals surface area contributed by atoms with Crippen LogP contribution in [0.25, 0.3) is 11.5 Å². The topological polar surface area (TPSA) is 154 Å². The van der Waals surface area contributed by atoms with E-state index in [4.69, 9.17) is 30.2 Å². The molecule has 0 amide bonds. The third-order valence-electron chi connectivity index (χ3n) is 6.79. The van der Waals surface area contributed by atoms with Crippen molar-refractivity contribution >= 4 is 29.4 Å². The molecule has 1 spiro atoms. The minimum Gasteiger partial charge on any atom is -0.507 e. The molecule has 2 N–H and O–H groups in total. The predicted octanol–water partition coefficient (Wildman–Crippen LogP) is 4.16. The number of fused-ring (bicyclic) bond motifs is 1. The van der Waals surface area contributed by atoms with E-state index in [-0.39, 0.29) is 70.3 Å². The molecule has 2 heterocycles. The molecule has 202 valence electrons. The summed E-state index contributed by atoms with van der Waals surface area (Å²) in [6.45, 7) is 1.78. The second-order valence-corrected chi connectivity index (χ2v) is 9.44. The molecule has 0 radical (unpaired) electrons. The highest BCUT2D eigenvalue weighted by Crippen LogP contribution is 2.54. The lowest BCUT2D eigenvalue weighted by molar-refractivity contribution is -0.118. The maximum atomic E-state index is 13.7. The van der Waals surface area contributed by atoms with Crippen LogP contribution in [0, 0.1) is 5.92 Å². The Kier molecular flexibility index (Phi) is 6.77. The number of phenolic OH excluding ortho intramolecular Hbond substituents is 1. The fourth-order valence-electron chi connectivity index (χ4n) is 4.75. The van der Waals surface area contributed by atoms with Crippen molar-refractivity contribution in [2.24, 2.45) is 10.9 Å². The quantitative estimate of drug-likeness (QED) is 0.407. The largest absolute Gasteiger partial charge is 0.507 e. The number of rotatable bonds is 7. The number of phenols is 1. The fourth-order valence-corrected chi connectivity index (χ4v) is 5.01. The van der Waals surface area contributed by atoms with E-state index in [1.54, 1.807) is 25.1 Å². The lowest BCUT2D eigenvalue weighted by Crippen LogP contribution is -2.52. The SMILES string of the molecule is COc1cc(OC)c2c(c1Cl)OC1(C2=O)C(O)=C(C=NCCc2nnc(-c3ccccc3O)o2)C(=O)CC1C. The number of para-hydroxylation sites is 1. The molecular formula is C27H24ClN3O8. The normalized spacial score (nSPS) is 20.6. The van der Waals surface area contributed by atoms with Crippen molar-refractivity contribution in [1.29, 1.82) is 0 Å². The molecule has 5 rings (SSSR count).